The highest BCUT2D eigenvalue weighted by Crippen LogP contribution is 2.36. The van der Waals surface area contributed by atoms with E-state index in [1.165, 1.54) is 0 Å². The number of aromatic nitrogens is 2. The fourth-order valence-electron chi connectivity index (χ4n) is 4.05. The van der Waals surface area contributed by atoms with Gasteiger partial charge in [0.1, 0.15) is 11.9 Å². The fourth-order valence-corrected chi connectivity index (χ4v) is 4.05. The SMILES string of the molecule is CCn1cc([C@@H]2OCCC[C@H]2C(=O)N2Cc3ccccc3OC(C)C2)cn1. The Morgan fingerprint density at radius 1 is 1.33 bits per heavy atom. The van der Waals surface area contributed by atoms with Crippen LogP contribution in [0.25, 0.3) is 0 Å². The minimum atomic E-state index is -0.221. The molecule has 0 spiro atoms. The third kappa shape index (κ3) is 3.72. The number of rotatable bonds is 3. The summed E-state index contributed by atoms with van der Waals surface area (Å²) in [5.41, 5.74) is 2.05. The summed E-state index contributed by atoms with van der Waals surface area (Å²) >= 11 is 0. The van der Waals surface area contributed by atoms with Crippen LogP contribution in [-0.4, -0.2) is 39.8 Å². The first-order valence-electron chi connectivity index (χ1n) is 9.83. The molecule has 6 heteroatoms. The Balaban J connectivity index is 1.58. The number of aryl methyl sites for hydroxylation is 1. The molecule has 144 valence electrons. The first-order valence-corrected chi connectivity index (χ1v) is 9.83. The van der Waals surface area contributed by atoms with Gasteiger partial charge in [-0.1, -0.05) is 18.2 Å². The smallest absolute Gasteiger partial charge is 0.229 e. The van der Waals surface area contributed by atoms with Gasteiger partial charge in [0.05, 0.1) is 24.8 Å². The summed E-state index contributed by atoms with van der Waals surface area (Å²) in [6.45, 7) is 6.73. The van der Waals surface area contributed by atoms with E-state index in [4.69, 9.17) is 9.47 Å². The average Bonchev–Trinajstić information content (AvgIpc) is 3.10. The van der Waals surface area contributed by atoms with E-state index in [1.807, 2.05) is 53.2 Å². The second-order valence-corrected chi connectivity index (χ2v) is 7.42. The molecule has 2 aliphatic rings. The van der Waals surface area contributed by atoms with Crippen molar-refractivity contribution in [3.8, 4) is 5.75 Å². The zero-order valence-electron chi connectivity index (χ0n) is 16.0. The van der Waals surface area contributed by atoms with Crippen LogP contribution < -0.4 is 4.74 Å². The van der Waals surface area contributed by atoms with Gasteiger partial charge in [-0.2, -0.15) is 5.10 Å². The molecule has 2 aliphatic heterocycles. The molecule has 1 aromatic carbocycles. The summed E-state index contributed by atoms with van der Waals surface area (Å²) in [6, 6.07) is 7.98. The summed E-state index contributed by atoms with van der Waals surface area (Å²) in [7, 11) is 0. The lowest BCUT2D eigenvalue weighted by Crippen LogP contribution is -2.43. The van der Waals surface area contributed by atoms with Crippen LogP contribution in [0.3, 0.4) is 0 Å². The molecule has 2 aromatic rings. The molecular weight excluding hydrogens is 342 g/mol. The second-order valence-electron chi connectivity index (χ2n) is 7.42. The van der Waals surface area contributed by atoms with Gasteiger partial charge in [-0.05, 0) is 32.8 Å². The predicted octanol–water partition coefficient (Wildman–Crippen LogP) is 3.18. The van der Waals surface area contributed by atoms with Crippen LogP contribution in [0.5, 0.6) is 5.75 Å². The zero-order valence-corrected chi connectivity index (χ0v) is 16.0. The maximum atomic E-state index is 13.5. The quantitative estimate of drug-likeness (QED) is 0.834. The third-order valence-electron chi connectivity index (χ3n) is 5.40. The number of hydrogen-bond acceptors (Lipinski definition) is 4. The van der Waals surface area contributed by atoms with E-state index in [0.717, 1.165) is 36.3 Å². The summed E-state index contributed by atoms with van der Waals surface area (Å²) in [5, 5.41) is 4.36. The van der Waals surface area contributed by atoms with E-state index in [0.29, 0.717) is 19.7 Å². The zero-order chi connectivity index (χ0) is 18.8. The Morgan fingerprint density at radius 2 is 2.19 bits per heavy atom. The lowest BCUT2D eigenvalue weighted by Gasteiger charge is -2.34. The molecule has 3 atom stereocenters. The molecule has 1 unspecified atom stereocenters. The van der Waals surface area contributed by atoms with E-state index in [9.17, 15) is 4.79 Å². The summed E-state index contributed by atoms with van der Waals surface area (Å²) in [4.78, 5) is 15.4. The van der Waals surface area contributed by atoms with Gasteiger partial charge in [0.25, 0.3) is 0 Å². The number of carbonyl (C=O) groups is 1. The first-order chi connectivity index (χ1) is 13.2. The van der Waals surface area contributed by atoms with Crippen molar-refractivity contribution < 1.29 is 14.3 Å². The van der Waals surface area contributed by atoms with Crippen molar-refractivity contribution in [1.82, 2.24) is 14.7 Å². The first kappa shape index (κ1) is 18.0. The third-order valence-corrected chi connectivity index (χ3v) is 5.40. The number of ether oxygens (including phenoxy) is 2. The monoisotopic (exact) mass is 369 g/mol. The van der Waals surface area contributed by atoms with Crippen molar-refractivity contribution in [2.45, 2.75) is 52.0 Å². The average molecular weight is 369 g/mol. The summed E-state index contributed by atoms with van der Waals surface area (Å²) < 4.78 is 13.9. The van der Waals surface area contributed by atoms with Crippen molar-refractivity contribution in [2.75, 3.05) is 13.2 Å². The summed E-state index contributed by atoms with van der Waals surface area (Å²) in [5.74, 6) is 0.850. The summed E-state index contributed by atoms with van der Waals surface area (Å²) in [6.07, 6.45) is 5.33. The van der Waals surface area contributed by atoms with E-state index < -0.39 is 0 Å². The number of para-hydroxylation sites is 1. The number of amides is 1. The molecule has 27 heavy (non-hydrogen) atoms. The molecule has 4 rings (SSSR count). The highest BCUT2D eigenvalue weighted by atomic mass is 16.5. The molecule has 0 N–H and O–H groups in total. The molecule has 0 radical (unpaired) electrons. The minimum absolute atomic E-state index is 0.0385. The van der Waals surface area contributed by atoms with Gasteiger partial charge >= 0.3 is 0 Å². The Morgan fingerprint density at radius 3 is 3.00 bits per heavy atom. The largest absolute Gasteiger partial charge is 0.489 e. The number of benzene rings is 1. The van der Waals surface area contributed by atoms with Gasteiger partial charge in [-0.15, -0.1) is 0 Å². The predicted molar refractivity (Wildman–Crippen MR) is 101 cm³/mol. The van der Waals surface area contributed by atoms with Crippen LogP contribution in [-0.2, 0) is 22.6 Å². The second kappa shape index (κ2) is 7.72. The maximum Gasteiger partial charge on any atom is 0.229 e. The van der Waals surface area contributed by atoms with Crippen LogP contribution in [0.15, 0.2) is 36.7 Å². The molecule has 0 aliphatic carbocycles. The van der Waals surface area contributed by atoms with E-state index in [1.54, 1.807) is 0 Å². The highest BCUT2D eigenvalue weighted by molar-refractivity contribution is 5.80. The van der Waals surface area contributed by atoms with Crippen LogP contribution in [0.1, 0.15) is 43.9 Å². The van der Waals surface area contributed by atoms with Crippen molar-refractivity contribution in [3.05, 3.63) is 47.8 Å². The molecule has 0 bridgehead atoms. The van der Waals surface area contributed by atoms with E-state index in [-0.39, 0.29) is 24.0 Å². The van der Waals surface area contributed by atoms with Gasteiger partial charge in [0.2, 0.25) is 5.91 Å². The van der Waals surface area contributed by atoms with E-state index >= 15 is 0 Å². The van der Waals surface area contributed by atoms with Crippen LogP contribution in [0.2, 0.25) is 0 Å². The lowest BCUT2D eigenvalue weighted by molar-refractivity contribution is -0.146. The molecule has 1 amide bonds. The van der Waals surface area contributed by atoms with Gasteiger partial charge in [0, 0.05) is 37.0 Å². The standard InChI is InChI=1S/C21H27N3O3/c1-3-24-14-17(11-22-24)20-18(8-6-10-26-20)21(25)23-12-15(2)27-19-9-5-4-7-16(19)13-23/h4-5,7,9,11,14-15,18,20H,3,6,8,10,12-13H2,1-2H3/t15?,18-,20+/m1/s1. The number of carbonyl (C=O) groups excluding carboxylic acids is 1. The Kier molecular flexibility index (Phi) is 5.16. The van der Waals surface area contributed by atoms with Crippen molar-refractivity contribution >= 4 is 5.91 Å². The molecule has 0 saturated carbocycles. The molecular formula is C21H27N3O3. The number of fused-ring (bicyclic) bond motifs is 1. The molecule has 6 nitrogen and oxygen atoms in total. The number of hydrogen-bond donors (Lipinski definition) is 0. The van der Waals surface area contributed by atoms with Crippen LogP contribution in [0, 0.1) is 5.92 Å². The minimum Gasteiger partial charge on any atom is -0.489 e. The number of nitrogens with zero attached hydrogens (tertiary/aromatic N) is 3. The van der Waals surface area contributed by atoms with Crippen LogP contribution in [0.4, 0.5) is 0 Å². The van der Waals surface area contributed by atoms with Gasteiger partial charge in [-0.25, -0.2) is 0 Å². The van der Waals surface area contributed by atoms with Crippen molar-refractivity contribution in [3.63, 3.8) is 0 Å². The van der Waals surface area contributed by atoms with Crippen molar-refractivity contribution in [2.24, 2.45) is 5.92 Å². The topological polar surface area (TPSA) is 56.6 Å². The molecule has 1 saturated heterocycles. The molecule has 3 heterocycles. The highest BCUT2D eigenvalue weighted by Gasteiger charge is 2.37. The molecule has 1 fully saturated rings. The normalized spacial score (nSPS) is 25.4. The molecule has 1 aromatic heterocycles. The van der Waals surface area contributed by atoms with Gasteiger partial charge in [0.15, 0.2) is 0 Å². The fraction of sp³-hybridized carbons (Fsp3) is 0.524. The van der Waals surface area contributed by atoms with Gasteiger partial charge < -0.3 is 14.4 Å². The lowest BCUT2D eigenvalue weighted by atomic mass is 9.89. The Bertz CT molecular complexity index is 803. The maximum absolute atomic E-state index is 13.5. The van der Waals surface area contributed by atoms with E-state index in [2.05, 4.69) is 12.0 Å². The van der Waals surface area contributed by atoms with Crippen LogP contribution >= 0.6 is 0 Å². The Labute approximate surface area is 160 Å². The Hall–Kier alpha value is -2.34. The van der Waals surface area contributed by atoms with Gasteiger partial charge in [-0.3, -0.25) is 9.48 Å². The van der Waals surface area contributed by atoms with Crippen molar-refractivity contribution in [1.29, 1.82) is 0 Å².